The number of amides is 3. The molecular formula is C19H14BrClN4O4S. The Labute approximate surface area is 190 Å². The molecule has 3 amide bonds. The van der Waals surface area contributed by atoms with Crippen molar-refractivity contribution in [2.24, 2.45) is 11.0 Å². The summed E-state index contributed by atoms with van der Waals surface area (Å²) in [6, 6.07) is 13.3. The number of carbonyl (C=O) groups excluding carboxylic acids is 3. The fourth-order valence-corrected chi connectivity index (χ4v) is 3.14. The summed E-state index contributed by atoms with van der Waals surface area (Å²) in [5, 5.41) is 6.59. The lowest BCUT2D eigenvalue weighted by molar-refractivity contribution is -0.130. The van der Waals surface area contributed by atoms with Crippen molar-refractivity contribution >= 4 is 74.5 Å². The SMILES string of the molecule is O=C(COc1ccc(Br)cc1)N/N=C\[C@H]1C(=O)NC(=S)N(c2ccc(Cl)cc2)C1=O. The number of thiocarbonyl (C=S) groups is 1. The standard InChI is InChI=1S/C19H14BrClN4O4S/c20-11-1-7-14(8-2-11)29-10-16(26)24-22-9-15-17(27)23-19(30)25(18(15)28)13-5-3-12(21)4-6-13/h1-9,15H,10H2,(H,24,26)(H,23,27,30)/b22-9-/t15-/m0/s1. The molecule has 1 fully saturated rings. The summed E-state index contributed by atoms with van der Waals surface area (Å²) in [4.78, 5) is 38.0. The van der Waals surface area contributed by atoms with Crippen molar-refractivity contribution in [2.75, 3.05) is 11.5 Å². The number of nitrogens with zero attached hydrogens (tertiary/aromatic N) is 2. The second-order valence-electron chi connectivity index (χ2n) is 5.98. The molecule has 0 unspecified atom stereocenters. The van der Waals surface area contributed by atoms with Crippen LogP contribution in [0.4, 0.5) is 5.69 Å². The third-order valence-corrected chi connectivity index (χ3v) is 4.95. The van der Waals surface area contributed by atoms with Crippen LogP contribution in [0.25, 0.3) is 0 Å². The molecule has 1 atom stereocenters. The van der Waals surface area contributed by atoms with Gasteiger partial charge in [0.2, 0.25) is 5.91 Å². The van der Waals surface area contributed by atoms with E-state index in [1.54, 1.807) is 48.5 Å². The van der Waals surface area contributed by atoms with Crippen LogP contribution in [-0.4, -0.2) is 35.7 Å². The van der Waals surface area contributed by atoms with Crippen LogP contribution in [0.5, 0.6) is 5.75 Å². The number of hydrazone groups is 1. The van der Waals surface area contributed by atoms with Gasteiger partial charge in [0.05, 0.1) is 5.69 Å². The maximum absolute atomic E-state index is 12.8. The van der Waals surface area contributed by atoms with Gasteiger partial charge in [-0.3, -0.25) is 19.3 Å². The van der Waals surface area contributed by atoms with E-state index in [0.29, 0.717) is 16.5 Å². The Kier molecular flexibility index (Phi) is 7.14. The molecule has 2 aromatic rings. The molecule has 1 aliphatic rings. The van der Waals surface area contributed by atoms with Gasteiger partial charge in [-0.05, 0) is 60.7 Å². The minimum absolute atomic E-state index is 0.0519. The van der Waals surface area contributed by atoms with Crippen LogP contribution in [0.15, 0.2) is 58.1 Å². The Bertz CT molecular complexity index is 1010. The van der Waals surface area contributed by atoms with E-state index in [1.165, 1.54) is 4.90 Å². The van der Waals surface area contributed by atoms with E-state index < -0.39 is 23.6 Å². The Morgan fingerprint density at radius 3 is 2.57 bits per heavy atom. The van der Waals surface area contributed by atoms with Gasteiger partial charge in [-0.1, -0.05) is 27.5 Å². The Morgan fingerprint density at radius 2 is 1.90 bits per heavy atom. The average Bonchev–Trinajstić information content (AvgIpc) is 2.71. The molecule has 1 aliphatic heterocycles. The van der Waals surface area contributed by atoms with E-state index in [2.05, 4.69) is 31.8 Å². The van der Waals surface area contributed by atoms with Crippen LogP contribution >= 0.6 is 39.7 Å². The first-order valence-electron chi connectivity index (χ1n) is 8.50. The van der Waals surface area contributed by atoms with Crippen molar-refractivity contribution in [3.05, 3.63) is 58.0 Å². The molecule has 0 aliphatic carbocycles. The molecule has 1 heterocycles. The second kappa shape index (κ2) is 9.79. The van der Waals surface area contributed by atoms with Gasteiger partial charge in [0, 0.05) is 15.7 Å². The third-order valence-electron chi connectivity index (χ3n) is 3.88. The van der Waals surface area contributed by atoms with Gasteiger partial charge in [0.25, 0.3) is 11.8 Å². The summed E-state index contributed by atoms with van der Waals surface area (Å²) in [6.07, 6.45) is 1.04. The number of ether oxygens (including phenoxy) is 1. The summed E-state index contributed by atoms with van der Waals surface area (Å²) in [6.45, 7) is -0.287. The zero-order valence-corrected chi connectivity index (χ0v) is 18.3. The molecule has 2 N–H and O–H groups in total. The molecule has 0 aromatic heterocycles. The van der Waals surface area contributed by atoms with Gasteiger partial charge in [-0.2, -0.15) is 5.10 Å². The quantitative estimate of drug-likeness (QED) is 0.270. The zero-order valence-electron chi connectivity index (χ0n) is 15.2. The second-order valence-corrected chi connectivity index (χ2v) is 7.72. The predicted molar refractivity (Wildman–Crippen MR) is 119 cm³/mol. The lowest BCUT2D eigenvalue weighted by atomic mass is 10.1. The van der Waals surface area contributed by atoms with E-state index in [4.69, 9.17) is 28.6 Å². The minimum atomic E-state index is -1.26. The Morgan fingerprint density at radius 1 is 1.23 bits per heavy atom. The van der Waals surface area contributed by atoms with E-state index in [9.17, 15) is 14.4 Å². The van der Waals surface area contributed by atoms with Crippen molar-refractivity contribution < 1.29 is 19.1 Å². The molecule has 0 radical (unpaired) electrons. The van der Waals surface area contributed by atoms with Crippen molar-refractivity contribution in [2.45, 2.75) is 0 Å². The van der Waals surface area contributed by atoms with Crippen LogP contribution in [0.2, 0.25) is 5.02 Å². The maximum atomic E-state index is 12.8. The van der Waals surface area contributed by atoms with Gasteiger partial charge >= 0.3 is 0 Å². The molecule has 30 heavy (non-hydrogen) atoms. The van der Waals surface area contributed by atoms with E-state index in [-0.39, 0.29) is 11.7 Å². The van der Waals surface area contributed by atoms with Gasteiger partial charge in [-0.25, -0.2) is 5.43 Å². The smallest absolute Gasteiger partial charge is 0.277 e. The first kappa shape index (κ1) is 21.9. The van der Waals surface area contributed by atoms with Crippen molar-refractivity contribution in [3.8, 4) is 5.75 Å². The highest BCUT2D eigenvalue weighted by molar-refractivity contribution is 9.10. The van der Waals surface area contributed by atoms with E-state index in [0.717, 1.165) is 10.7 Å². The number of rotatable bonds is 6. The summed E-state index contributed by atoms with van der Waals surface area (Å²) in [5.74, 6) is -2.55. The molecule has 1 saturated heterocycles. The Hall–Kier alpha value is -2.82. The number of anilines is 1. The van der Waals surface area contributed by atoms with Gasteiger partial charge in [0.15, 0.2) is 17.6 Å². The summed E-state index contributed by atoms with van der Waals surface area (Å²) < 4.78 is 6.20. The predicted octanol–water partition coefficient (Wildman–Crippen LogP) is 2.65. The summed E-state index contributed by atoms with van der Waals surface area (Å²) in [5.41, 5.74) is 2.67. The highest BCUT2D eigenvalue weighted by atomic mass is 79.9. The molecule has 0 saturated carbocycles. The normalized spacial score (nSPS) is 16.5. The van der Waals surface area contributed by atoms with Gasteiger partial charge in [-0.15, -0.1) is 0 Å². The molecule has 0 bridgehead atoms. The van der Waals surface area contributed by atoms with Gasteiger partial charge in [0.1, 0.15) is 5.75 Å². The lowest BCUT2D eigenvalue weighted by Gasteiger charge is -2.30. The zero-order chi connectivity index (χ0) is 21.7. The molecule has 8 nitrogen and oxygen atoms in total. The summed E-state index contributed by atoms with van der Waals surface area (Å²) in [7, 11) is 0. The van der Waals surface area contributed by atoms with Gasteiger partial charge < -0.3 is 10.1 Å². The molecule has 3 rings (SSSR count). The molecule has 154 valence electrons. The van der Waals surface area contributed by atoms with Crippen molar-refractivity contribution in [1.29, 1.82) is 0 Å². The van der Waals surface area contributed by atoms with Crippen LogP contribution < -0.4 is 20.4 Å². The fraction of sp³-hybridized carbons (Fsp3) is 0.105. The van der Waals surface area contributed by atoms with Crippen molar-refractivity contribution in [1.82, 2.24) is 10.7 Å². The number of benzene rings is 2. The van der Waals surface area contributed by atoms with Crippen molar-refractivity contribution in [3.63, 3.8) is 0 Å². The average molecular weight is 510 g/mol. The van der Waals surface area contributed by atoms with Crippen LogP contribution in [0.1, 0.15) is 0 Å². The third kappa shape index (κ3) is 5.41. The van der Waals surface area contributed by atoms with Crippen LogP contribution in [0.3, 0.4) is 0 Å². The van der Waals surface area contributed by atoms with Crippen LogP contribution in [-0.2, 0) is 14.4 Å². The molecule has 11 heteroatoms. The van der Waals surface area contributed by atoms with Crippen LogP contribution in [0, 0.1) is 5.92 Å². The molecule has 2 aromatic carbocycles. The highest BCUT2D eigenvalue weighted by Gasteiger charge is 2.38. The number of halogens is 2. The van der Waals surface area contributed by atoms with E-state index >= 15 is 0 Å². The van der Waals surface area contributed by atoms with E-state index in [1.807, 2.05) is 0 Å². The number of hydrogen-bond donors (Lipinski definition) is 2. The maximum Gasteiger partial charge on any atom is 0.277 e. The molecule has 0 spiro atoms. The number of nitrogens with one attached hydrogen (secondary N) is 2. The lowest BCUT2D eigenvalue weighted by Crippen LogP contribution is -2.58. The minimum Gasteiger partial charge on any atom is -0.484 e. The monoisotopic (exact) mass is 508 g/mol. The first-order valence-corrected chi connectivity index (χ1v) is 10.1. The molecular weight excluding hydrogens is 496 g/mol. The fourth-order valence-electron chi connectivity index (χ4n) is 2.45. The summed E-state index contributed by atoms with van der Waals surface area (Å²) >= 11 is 14.3. The number of carbonyl (C=O) groups is 3. The largest absolute Gasteiger partial charge is 0.484 e. The highest BCUT2D eigenvalue weighted by Crippen LogP contribution is 2.22. The topological polar surface area (TPSA) is 100 Å². The Balaban J connectivity index is 1.60. The number of hydrogen-bond acceptors (Lipinski definition) is 6. The first-order chi connectivity index (χ1) is 14.3.